The topological polar surface area (TPSA) is 80.9 Å². The number of furan rings is 1. The Labute approximate surface area is 156 Å². The van der Waals surface area contributed by atoms with Crippen molar-refractivity contribution in [1.29, 1.82) is 0 Å². The molecule has 0 bridgehead atoms. The minimum Gasteiger partial charge on any atom is -0.465 e. The van der Waals surface area contributed by atoms with Gasteiger partial charge in [-0.3, -0.25) is 4.79 Å². The molecule has 0 saturated carbocycles. The van der Waals surface area contributed by atoms with Gasteiger partial charge in [0.05, 0.1) is 18.9 Å². The highest BCUT2D eigenvalue weighted by molar-refractivity contribution is 5.96. The summed E-state index contributed by atoms with van der Waals surface area (Å²) in [4.78, 5) is 23.6. The quantitative estimate of drug-likeness (QED) is 0.425. The summed E-state index contributed by atoms with van der Waals surface area (Å²) in [7, 11) is 1.34. The molecule has 0 radical (unpaired) electrons. The molecule has 1 N–H and O–H groups in total. The number of nitrogens with one attached hydrogen (secondary N) is 1. The number of rotatable bonds is 5. The first-order valence-corrected chi connectivity index (χ1v) is 8.26. The number of amides is 1. The highest BCUT2D eigenvalue weighted by atomic mass is 16.5. The molecule has 0 aliphatic heterocycles. The summed E-state index contributed by atoms with van der Waals surface area (Å²) >= 11 is 0. The largest absolute Gasteiger partial charge is 0.465 e. The average molecular weight is 362 g/mol. The van der Waals surface area contributed by atoms with E-state index in [0.29, 0.717) is 22.6 Å². The molecule has 0 spiro atoms. The van der Waals surface area contributed by atoms with Crippen LogP contribution in [0.3, 0.4) is 0 Å². The van der Waals surface area contributed by atoms with Crippen LogP contribution in [-0.2, 0) is 4.74 Å². The number of hydrogen-bond acceptors (Lipinski definition) is 5. The predicted octanol–water partition coefficient (Wildman–Crippen LogP) is 3.81. The summed E-state index contributed by atoms with van der Waals surface area (Å²) in [6.07, 6.45) is 1.43. The Kier molecular flexibility index (Phi) is 5.47. The average Bonchev–Trinajstić information content (AvgIpc) is 3.16. The van der Waals surface area contributed by atoms with Crippen LogP contribution >= 0.6 is 0 Å². The van der Waals surface area contributed by atoms with Gasteiger partial charge in [-0.2, -0.15) is 5.10 Å². The molecule has 6 nitrogen and oxygen atoms in total. The first kappa shape index (κ1) is 18.1. The summed E-state index contributed by atoms with van der Waals surface area (Å²) < 4.78 is 10.4. The Balaban J connectivity index is 1.65. The third-order valence-corrected chi connectivity index (χ3v) is 3.96. The van der Waals surface area contributed by atoms with Crippen LogP contribution in [0.15, 0.2) is 70.2 Å². The summed E-state index contributed by atoms with van der Waals surface area (Å²) in [5.41, 5.74) is 5.21. The number of methoxy groups -OCH3 is 1. The van der Waals surface area contributed by atoms with Gasteiger partial charge in [0.15, 0.2) is 0 Å². The molecule has 1 amide bonds. The van der Waals surface area contributed by atoms with Crippen molar-refractivity contribution in [1.82, 2.24) is 5.43 Å². The minimum atomic E-state index is -0.391. The van der Waals surface area contributed by atoms with E-state index in [2.05, 4.69) is 15.3 Å². The van der Waals surface area contributed by atoms with E-state index in [9.17, 15) is 9.59 Å². The van der Waals surface area contributed by atoms with Crippen molar-refractivity contribution in [2.75, 3.05) is 7.11 Å². The van der Waals surface area contributed by atoms with Gasteiger partial charge in [-0.05, 0) is 42.8 Å². The number of ether oxygens (including phenoxy) is 1. The predicted molar refractivity (Wildman–Crippen MR) is 102 cm³/mol. The molecule has 3 rings (SSSR count). The lowest BCUT2D eigenvalue weighted by Gasteiger charge is -2.02. The van der Waals surface area contributed by atoms with E-state index in [1.165, 1.54) is 13.3 Å². The lowest BCUT2D eigenvalue weighted by Crippen LogP contribution is -2.18. The Morgan fingerprint density at radius 2 is 1.78 bits per heavy atom. The molecule has 0 aliphatic rings. The second kappa shape index (κ2) is 8.14. The van der Waals surface area contributed by atoms with Crippen LogP contribution < -0.4 is 5.43 Å². The fraction of sp³-hybridized carbons (Fsp3) is 0.0952. The smallest absolute Gasteiger partial charge is 0.337 e. The van der Waals surface area contributed by atoms with Gasteiger partial charge in [-0.25, -0.2) is 10.2 Å². The Hall–Kier alpha value is -3.67. The first-order valence-electron chi connectivity index (χ1n) is 8.26. The van der Waals surface area contributed by atoms with Gasteiger partial charge in [0.2, 0.25) is 0 Å². The maximum absolute atomic E-state index is 12.1. The van der Waals surface area contributed by atoms with Crippen molar-refractivity contribution in [3.8, 4) is 11.3 Å². The van der Waals surface area contributed by atoms with Crippen LogP contribution in [0.25, 0.3) is 11.3 Å². The summed E-state index contributed by atoms with van der Waals surface area (Å²) in [5, 5.41) is 3.93. The molecule has 0 atom stereocenters. The molecule has 0 aliphatic carbocycles. The van der Waals surface area contributed by atoms with Gasteiger partial charge < -0.3 is 9.15 Å². The maximum Gasteiger partial charge on any atom is 0.337 e. The van der Waals surface area contributed by atoms with Crippen molar-refractivity contribution in [2.45, 2.75) is 6.92 Å². The van der Waals surface area contributed by atoms with Crippen LogP contribution in [-0.4, -0.2) is 25.2 Å². The van der Waals surface area contributed by atoms with Crippen molar-refractivity contribution >= 4 is 18.1 Å². The van der Waals surface area contributed by atoms with Gasteiger partial charge in [-0.1, -0.05) is 30.3 Å². The number of benzene rings is 2. The molecule has 0 saturated heterocycles. The molecule has 0 fully saturated rings. The van der Waals surface area contributed by atoms with Gasteiger partial charge in [0.25, 0.3) is 5.91 Å². The standard InChI is InChI=1S/C21H18N2O4/c1-14-5-3-4-6-18(14)20(24)23-22-13-17-11-12-19(27-17)15-7-9-16(10-8-15)21(25)26-2/h3-13H,1-2H3,(H,23,24). The number of aryl methyl sites for hydroxylation is 1. The molecule has 1 aromatic heterocycles. The molecule has 3 aromatic rings. The SMILES string of the molecule is COC(=O)c1ccc(-c2ccc(C=NNC(=O)c3ccccc3C)o2)cc1. The highest BCUT2D eigenvalue weighted by Crippen LogP contribution is 2.22. The monoisotopic (exact) mass is 362 g/mol. The van der Waals surface area contributed by atoms with E-state index < -0.39 is 5.97 Å². The van der Waals surface area contributed by atoms with Crippen LogP contribution in [0.2, 0.25) is 0 Å². The number of hydrazone groups is 1. The Morgan fingerprint density at radius 1 is 1.04 bits per heavy atom. The fourth-order valence-electron chi connectivity index (χ4n) is 2.51. The summed E-state index contributed by atoms with van der Waals surface area (Å²) in [6, 6.07) is 17.7. The van der Waals surface area contributed by atoms with Crippen LogP contribution in [0.5, 0.6) is 0 Å². The second-order valence-corrected chi connectivity index (χ2v) is 5.78. The lowest BCUT2D eigenvalue weighted by molar-refractivity contribution is 0.0600. The number of carbonyl (C=O) groups is 2. The van der Waals surface area contributed by atoms with Crippen LogP contribution in [0, 0.1) is 6.92 Å². The molecule has 0 unspecified atom stereocenters. The van der Waals surface area contributed by atoms with Gasteiger partial charge in [-0.15, -0.1) is 0 Å². The maximum atomic E-state index is 12.1. The van der Waals surface area contributed by atoms with E-state index in [4.69, 9.17) is 4.42 Å². The third-order valence-electron chi connectivity index (χ3n) is 3.96. The molecule has 1 heterocycles. The summed E-state index contributed by atoms with van der Waals surface area (Å²) in [5.74, 6) is 0.443. The molecule has 136 valence electrons. The molecular formula is C21H18N2O4. The first-order chi connectivity index (χ1) is 13.1. The van der Waals surface area contributed by atoms with Crippen molar-refractivity contribution < 1.29 is 18.7 Å². The highest BCUT2D eigenvalue weighted by Gasteiger charge is 2.08. The summed E-state index contributed by atoms with van der Waals surface area (Å²) in [6.45, 7) is 1.86. The zero-order valence-corrected chi connectivity index (χ0v) is 14.9. The van der Waals surface area contributed by atoms with E-state index in [0.717, 1.165) is 11.1 Å². The van der Waals surface area contributed by atoms with E-state index in [1.54, 1.807) is 48.5 Å². The van der Waals surface area contributed by atoms with Crippen LogP contribution in [0.4, 0.5) is 0 Å². The number of hydrogen-bond donors (Lipinski definition) is 1. The normalized spacial score (nSPS) is 10.7. The second-order valence-electron chi connectivity index (χ2n) is 5.78. The molecular weight excluding hydrogens is 344 g/mol. The van der Waals surface area contributed by atoms with Gasteiger partial charge >= 0.3 is 5.97 Å². The van der Waals surface area contributed by atoms with Crippen molar-refractivity contribution in [3.63, 3.8) is 0 Å². The van der Waals surface area contributed by atoms with Gasteiger partial charge in [0, 0.05) is 11.1 Å². The number of esters is 1. The number of carbonyl (C=O) groups excluding carboxylic acids is 2. The molecule has 2 aromatic carbocycles. The molecule has 27 heavy (non-hydrogen) atoms. The van der Waals surface area contributed by atoms with E-state index in [-0.39, 0.29) is 5.91 Å². The lowest BCUT2D eigenvalue weighted by atomic mass is 10.1. The van der Waals surface area contributed by atoms with Crippen molar-refractivity contribution in [2.24, 2.45) is 5.10 Å². The Bertz CT molecular complexity index is 987. The third kappa shape index (κ3) is 4.30. The minimum absolute atomic E-state index is 0.283. The van der Waals surface area contributed by atoms with E-state index >= 15 is 0 Å². The zero-order valence-electron chi connectivity index (χ0n) is 14.9. The fourth-order valence-corrected chi connectivity index (χ4v) is 2.51. The number of nitrogens with zero attached hydrogens (tertiary/aromatic N) is 1. The Morgan fingerprint density at radius 3 is 2.48 bits per heavy atom. The molecule has 6 heteroatoms. The van der Waals surface area contributed by atoms with Gasteiger partial charge in [0.1, 0.15) is 11.5 Å². The van der Waals surface area contributed by atoms with E-state index in [1.807, 2.05) is 19.1 Å². The van der Waals surface area contributed by atoms with Crippen molar-refractivity contribution in [3.05, 3.63) is 83.1 Å². The van der Waals surface area contributed by atoms with Crippen LogP contribution in [0.1, 0.15) is 32.0 Å². The zero-order chi connectivity index (χ0) is 19.2.